The highest BCUT2D eigenvalue weighted by atomic mass is 35.5. The summed E-state index contributed by atoms with van der Waals surface area (Å²) in [7, 11) is 0. The summed E-state index contributed by atoms with van der Waals surface area (Å²) >= 11 is 5.94. The predicted octanol–water partition coefficient (Wildman–Crippen LogP) is 3.96. The SMILES string of the molecule is Cc1ccc(CN(CC(=O)Nc2cc(Cl)ccc2C#N)C(C)C)o1. The number of amides is 1. The van der Waals surface area contributed by atoms with Crippen molar-refractivity contribution in [2.75, 3.05) is 11.9 Å². The number of hydrogen-bond acceptors (Lipinski definition) is 4. The first-order valence-corrected chi connectivity index (χ1v) is 8.05. The Bertz CT molecular complexity index is 762. The van der Waals surface area contributed by atoms with Crippen molar-refractivity contribution in [2.24, 2.45) is 0 Å². The van der Waals surface area contributed by atoms with Gasteiger partial charge in [0.25, 0.3) is 0 Å². The van der Waals surface area contributed by atoms with E-state index >= 15 is 0 Å². The number of nitrogens with zero attached hydrogens (tertiary/aromatic N) is 2. The van der Waals surface area contributed by atoms with Gasteiger partial charge in [-0.1, -0.05) is 11.6 Å². The second kappa shape index (κ2) is 8.00. The molecule has 0 spiro atoms. The van der Waals surface area contributed by atoms with Crippen LogP contribution in [0.25, 0.3) is 0 Å². The summed E-state index contributed by atoms with van der Waals surface area (Å²) < 4.78 is 5.58. The van der Waals surface area contributed by atoms with Gasteiger partial charge in [-0.3, -0.25) is 9.69 Å². The van der Waals surface area contributed by atoms with Crippen LogP contribution in [0.2, 0.25) is 5.02 Å². The van der Waals surface area contributed by atoms with E-state index in [0.717, 1.165) is 11.5 Å². The summed E-state index contributed by atoms with van der Waals surface area (Å²) in [4.78, 5) is 14.4. The van der Waals surface area contributed by atoms with E-state index in [0.29, 0.717) is 22.8 Å². The number of nitrogens with one attached hydrogen (secondary N) is 1. The topological polar surface area (TPSA) is 69.3 Å². The highest BCUT2D eigenvalue weighted by molar-refractivity contribution is 6.31. The molecule has 0 aliphatic carbocycles. The maximum absolute atomic E-state index is 12.4. The lowest BCUT2D eigenvalue weighted by molar-refractivity contribution is -0.117. The molecule has 2 aromatic rings. The lowest BCUT2D eigenvalue weighted by atomic mass is 10.2. The van der Waals surface area contributed by atoms with Crippen molar-refractivity contribution >= 4 is 23.2 Å². The van der Waals surface area contributed by atoms with Crippen molar-refractivity contribution in [3.63, 3.8) is 0 Å². The largest absolute Gasteiger partial charge is 0.465 e. The first-order valence-electron chi connectivity index (χ1n) is 7.68. The van der Waals surface area contributed by atoms with E-state index < -0.39 is 0 Å². The molecule has 6 heteroatoms. The molecule has 0 atom stereocenters. The summed E-state index contributed by atoms with van der Waals surface area (Å²) in [5, 5.41) is 12.4. The molecule has 1 heterocycles. The molecule has 0 fully saturated rings. The average molecular weight is 346 g/mol. The van der Waals surface area contributed by atoms with Gasteiger partial charge in [-0.05, 0) is 51.1 Å². The zero-order valence-electron chi connectivity index (χ0n) is 14.0. The lowest BCUT2D eigenvalue weighted by Gasteiger charge is -2.24. The number of halogens is 1. The van der Waals surface area contributed by atoms with E-state index in [-0.39, 0.29) is 18.5 Å². The highest BCUT2D eigenvalue weighted by Gasteiger charge is 2.17. The third-order valence-electron chi connectivity index (χ3n) is 3.61. The van der Waals surface area contributed by atoms with Crippen molar-refractivity contribution in [3.05, 3.63) is 52.4 Å². The molecule has 1 aromatic carbocycles. The van der Waals surface area contributed by atoms with E-state index in [2.05, 4.69) is 5.32 Å². The van der Waals surface area contributed by atoms with Crippen LogP contribution in [0.5, 0.6) is 0 Å². The van der Waals surface area contributed by atoms with Gasteiger partial charge in [-0.15, -0.1) is 0 Å². The standard InChI is InChI=1S/C18H20ClN3O2/c1-12(2)22(10-16-7-4-13(3)24-16)11-18(23)21-17-8-15(19)6-5-14(17)9-20/h4-8,12H,10-11H2,1-3H3,(H,21,23). The number of carbonyl (C=O) groups excluding carboxylic acids is 1. The third-order valence-corrected chi connectivity index (χ3v) is 3.84. The number of carbonyl (C=O) groups is 1. The maximum atomic E-state index is 12.4. The predicted molar refractivity (Wildman–Crippen MR) is 93.8 cm³/mol. The van der Waals surface area contributed by atoms with Crippen LogP contribution in [0.1, 0.15) is 30.9 Å². The van der Waals surface area contributed by atoms with Crippen molar-refractivity contribution in [1.82, 2.24) is 4.90 Å². The minimum absolute atomic E-state index is 0.163. The summed E-state index contributed by atoms with van der Waals surface area (Å²) in [5.41, 5.74) is 0.804. The van der Waals surface area contributed by atoms with Crippen LogP contribution < -0.4 is 5.32 Å². The summed E-state index contributed by atoms with van der Waals surface area (Å²) in [5.74, 6) is 1.45. The van der Waals surface area contributed by atoms with Gasteiger partial charge in [0.1, 0.15) is 17.6 Å². The Morgan fingerprint density at radius 3 is 2.71 bits per heavy atom. The zero-order valence-corrected chi connectivity index (χ0v) is 14.7. The Balaban J connectivity index is 2.06. The minimum Gasteiger partial charge on any atom is -0.465 e. The van der Waals surface area contributed by atoms with Gasteiger partial charge in [0.15, 0.2) is 0 Å². The fourth-order valence-electron chi connectivity index (χ4n) is 2.28. The fraction of sp³-hybridized carbons (Fsp3) is 0.333. The van der Waals surface area contributed by atoms with Gasteiger partial charge in [0, 0.05) is 11.1 Å². The number of aryl methyl sites for hydroxylation is 1. The van der Waals surface area contributed by atoms with Gasteiger partial charge >= 0.3 is 0 Å². The number of furan rings is 1. The third kappa shape index (κ3) is 4.85. The number of benzene rings is 1. The number of rotatable bonds is 6. The first kappa shape index (κ1) is 18.1. The molecule has 1 N–H and O–H groups in total. The summed E-state index contributed by atoms with van der Waals surface area (Å²) in [6, 6.07) is 10.8. The molecule has 0 aliphatic rings. The number of hydrogen-bond donors (Lipinski definition) is 1. The lowest BCUT2D eigenvalue weighted by Crippen LogP contribution is -2.37. The number of anilines is 1. The van der Waals surface area contributed by atoms with Crippen LogP contribution in [0.15, 0.2) is 34.7 Å². The first-order chi connectivity index (χ1) is 11.4. The van der Waals surface area contributed by atoms with E-state index in [9.17, 15) is 4.79 Å². The van der Waals surface area contributed by atoms with Crippen LogP contribution in [0.4, 0.5) is 5.69 Å². The molecule has 1 amide bonds. The molecule has 0 saturated carbocycles. The Morgan fingerprint density at radius 2 is 2.12 bits per heavy atom. The molecule has 0 aliphatic heterocycles. The van der Waals surface area contributed by atoms with Crippen molar-refractivity contribution in [3.8, 4) is 6.07 Å². The molecule has 126 valence electrons. The molecular formula is C18H20ClN3O2. The van der Waals surface area contributed by atoms with E-state index in [1.165, 1.54) is 0 Å². The van der Waals surface area contributed by atoms with Gasteiger partial charge in [0.05, 0.1) is 24.3 Å². The molecule has 0 saturated heterocycles. The van der Waals surface area contributed by atoms with Crippen LogP contribution >= 0.6 is 11.6 Å². The Labute approximate surface area is 146 Å². The van der Waals surface area contributed by atoms with E-state index in [1.54, 1.807) is 18.2 Å². The second-order valence-electron chi connectivity index (χ2n) is 5.86. The average Bonchev–Trinajstić information content (AvgIpc) is 2.92. The van der Waals surface area contributed by atoms with Crippen LogP contribution in [-0.2, 0) is 11.3 Å². The van der Waals surface area contributed by atoms with Gasteiger partial charge in [-0.25, -0.2) is 0 Å². The van der Waals surface area contributed by atoms with Crippen molar-refractivity contribution in [2.45, 2.75) is 33.4 Å². The van der Waals surface area contributed by atoms with Gasteiger partial charge in [-0.2, -0.15) is 5.26 Å². The smallest absolute Gasteiger partial charge is 0.238 e. The van der Waals surface area contributed by atoms with Gasteiger partial charge < -0.3 is 9.73 Å². The zero-order chi connectivity index (χ0) is 17.7. The second-order valence-corrected chi connectivity index (χ2v) is 6.30. The maximum Gasteiger partial charge on any atom is 0.238 e. The normalized spacial score (nSPS) is 10.9. The van der Waals surface area contributed by atoms with Crippen LogP contribution in [-0.4, -0.2) is 23.4 Å². The van der Waals surface area contributed by atoms with E-state index in [4.69, 9.17) is 21.3 Å². The number of nitriles is 1. The molecular weight excluding hydrogens is 326 g/mol. The van der Waals surface area contributed by atoms with E-state index in [1.807, 2.05) is 43.9 Å². The molecule has 5 nitrogen and oxygen atoms in total. The summed E-state index contributed by atoms with van der Waals surface area (Å²) in [6.45, 7) is 6.65. The van der Waals surface area contributed by atoms with Crippen molar-refractivity contribution < 1.29 is 9.21 Å². The molecule has 2 rings (SSSR count). The van der Waals surface area contributed by atoms with Crippen molar-refractivity contribution in [1.29, 1.82) is 5.26 Å². The van der Waals surface area contributed by atoms with Crippen LogP contribution in [0.3, 0.4) is 0 Å². The van der Waals surface area contributed by atoms with Gasteiger partial charge in [0.2, 0.25) is 5.91 Å². The van der Waals surface area contributed by atoms with Crippen LogP contribution in [0, 0.1) is 18.3 Å². The fourth-order valence-corrected chi connectivity index (χ4v) is 2.45. The highest BCUT2D eigenvalue weighted by Crippen LogP contribution is 2.20. The molecule has 0 radical (unpaired) electrons. The molecule has 1 aromatic heterocycles. The monoisotopic (exact) mass is 345 g/mol. The summed E-state index contributed by atoms with van der Waals surface area (Å²) in [6.07, 6.45) is 0. The quantitative estimate of drug-likeness (QED) is 0.860. The Kier molecular flexibility index (Phi) is 6.02. The molecule has 0 bridgehead atoms. The Morgan fingerprint density at radius 1 is 1.38 bits per heavy atom. The minimum atomic E-state index is -0.203. The molecule has 24 heavy (non-hydrogen) atoms. The molecule has 0 unspecified atom stereocenters. The Hall–Kier alpha value is -2.29.